The van der Waals surface area contributed by atoms with Crippen LogP contribution in [0, 0.1) is 0 Å². The summed E-state index contributed by atoms with van der Waals surface area (Å²) < 4.78 is 1.13. The van der Waals surface area contributed by atoms with Gasteiger partial charge in [0.05, 0.1) is 22.3 Å². The highest BCUT2D eigenvalue weighted by Gasteiger charge is 2.07. The summed E-state index contributed by atoms with van der Waals surface area (Å²) in [5.74, 6) is 0. The first-order valence-corrected chi connectivity index (χ1v) is 10.2. The lowest BCUT2D eigenvalue weighted by Crippen LogP contribution is -2.21. The number of pyridine rings is 1. The predicted molar refractivity (Wildman–Crippen MR) is 117 cm³/mol. The standard InChI is InChI=1S/C22H21N5S/c1-3-27(4-2)19-10-8-17(9-11-19)25-26-18-7-5-6-16(14-18)22-24-20-15-23-13-12-21(20)28-22/h5-15H,3-4H2,1-2H3. The Bertz CT molecular complexity index is 1060. The smallest absolute Gasteiger partial charge is 0.124 e. The first kappa shape index (κ1) is 18.3. The lowest BCUT2D eigenvalue weighted by molar-refractivity contribution is 0.866. The van der Waals surface area contributed by atoms with Crippen molar-refractivity contribution in [3.05, 3.63) is 67.0 Å². The van der Waals surface area contributed by atoms with Gasteiger partial charge in [0.1, 0.15) is 10.5 Å². The van der Waals surface area contributed by atoms with E-state index in [1.54, 1.807) is 23.7 Å². The number of hydrogen-bond donors (Lipinski definition) is 0. The molecule has 2 aromatic heterocycles. The molecule has 0 amide bonds. The van der Waals surface area contributed by atoms with Crippen LogP contribution in [-0.2, 0) is 0 Å². The minimum Gasteiger partial charge on any atom is -0.372 e. The molecule has 0 unspecified atom stereocenters. The third-order valence-electron chi connectivity index (χ3n) is 4.54. The number of fused-ring (bicyclic) bond motifs is 1. The number of thiazole rings is 1. The second kappa shape index (κ2) is 8.27. The van der Waals surface area contributed by atoms with Gasteiger partial charge in [-0.25, -0.2) is 4.98 Å². The zero-order valence-corrected chi connectivity index (χ0v) is 16.7. The Morgan fingerprint density at radius 1 is 0.929 bits per heavy atom. The Balaban J connectivity index is 1.54. The van der Waals surface area contributed by atoms with E-state index in [-0.39, 0.29) is 0 Å². The van der Waals surface area contributed by atoms with Crippen molar-refractivity contribution >= 4 is 38.6 Å². The molecule has 5 nitrogen and oxygen atoms in total. The molecular formula is C22H21N5S. The summed E-state index contributed by atoms with van der Waals surface area (Å²) in [4.78, 5) is 11.1. The molecule has 28 heavy (non-hydrogen) atoms. The van der Waals surface area contributed by atoms with Crippen LogP contribution in [0.25, 0.3) is 20.8 Å². The lowest BCUT2D eigenvalue weighted by atomic mass is 10.2. The van der Waals surface area contributed by atoms with E-state index in [1.807, 2.05) is 42.5 Å². The minimum absolute atomic E-state index is 0.808. The van der Waals surface area contributed by atoms with E-state index in [0.717, 1.165) is 45.3 Å². The fourth-order valence-electron chi connectivity index (χ4n) is 3.04. The quantitative estimate of drug-likeness (QED) is 0.349. The van der Waals surface area contributed by atoms with Gasteiger partial charge in [-0.15, -0.1) is 11.3 Å². The fraction of sp³-hybridized carbons (Fsp3) is 0.182. The highest BCUT2D eigenvalue weighted by molar-refractivity contribution is 7.21. The van der Waals surface area contributed by atoms with Crippen LogP contribution in [0.3, 0.4) is 0 Å². The highest BCUT2D eigenvalue weighted by Crippen LogP contribution is 2.32. The van der Waals surface area contributed by atoms with E-state index in [1.165, 1.54) is 5.69 Å². The summed E-state index contributed by atoms with van der Waals surface area (Å²) in [6, 6.07) is 18.2. The summed E-state index contributed by atoms with van der Waals surface area (Å²) in [7, 11) is 0. The van der Waals surface area contributed by atoms with Crippen molar-refractivity contribution in [2.24, 2.45) is 10.2 Å². The second-order valence-electron chi connectivity index (χ2n) is 6.30. The van der Waals surface area contributed by atoms with Crippen LogP contribution in [0.5, 0.6) is 0 Å². The number of aromatic nitrogens is 2. The molecule has 0 radical (unpaired) electrons. The average Bonchev–Trinajstić information content (AvgIpc) is 3.19. The molecular weight excluding hydrogens is 366 g/mol. The summed E-state index contributed by atoms with van der Waals surface area (Å²) >= 11 is 1.65. The fourth-order valence-corrected chi connectivity index (χ4v) is 3.97. The van der Waals surface area contributed by atoms with Gasteiger partial charge in [-0.3, -0.25) is 4.98 Å². The molecule has 0 aliphatic rings. The molecule has 140 valence electrons. The Labute approximate surface area is 168 Å². The van der Waals surface area contributed by atoms with Crippen LogP contribution < -0.4 is 4.90 Å². The lowest BCUT2D eigenvalue weighted by Gasteiger charge is -2.20. The molecule has 0 atom stereocenters. The predicted octanol–water partition coefficient (Wildman–Crippen LogP) is 6.62. The third-order valence-corrected chi connectivity index (χ3v) is 5.63. The zero-order chi connectivity index (χ0) is 19.3. The molecule has 0 N–H and O–H groups in total. The van der Waals surface area contributed by atoms with Gasteiger partial charge in [-0.2, -0.15) is 10.2 Å². The molecule has 0 saturated heterocycles. The van der Waals surface area contributed by atoms with Gasteiger partial charge in [-0.1, -0.05) is 12.1 Å². The van der Waals surface area contributed by atoms with Gasteiger partial charge < -0.3 is 4.90 Å². The topological polar surface area (TPSA) is 53.7 Å². The molecule has 0 saturated carbocycles. The van der Waals surface area contributed by atoms with E-state index in [2.05, 4.69) is 51.1 Å². The van der Waals surface area contributed by atoms with Crippen molar-refractivity contribution in [2.75, 3.05) is 18.0 Å². The van der Waals surface area contributed by atoms with Crippen molar-refractivity contribution in [1.29, 1.82) is 0 Å². The molecule has 0 bridgehead atoms. The molecule has 0 aliphatic carbocycles. The van der Waals surface area contributed by atoms with Gasteiger partial charge in [0.15, 0.2) is 0 Å². The zero-order valence-electron chi connectivity index (χ0n) is 15.9. The van der Waals surface area contributed by atoms with Crippen LogP contribution in [-0.4, -0.2) is 23.1 Å². The van der Waals surface area contributed by atoms with Crippen LogP contribution in [0.4, 0.5) is 17.1 Å². The molecule has 0 spiro atoms. The van der Waals surface area contributed by atoms with Crippen LogP contribution in [0.2, 0.25) is 0 Å². The van der Waals surface area contributed by atoms with Crippen molar-refractivity contribution in [3.8, 4) is 10.6 Å². The second-order valence-corrected chi connectivity index (χ2v) is 7.33. The molecule has 4 rings (SSSR count). The monoisotopic (exact) mass is 387 g/mol. The van der Waals surface area contributed by atoms with Gasteiger partial charge in [0.2, 0.25) is 0 Å². The van der Waals surface area contributed by atoms with E-state index < -0.39 is 0 Å². The van der Waals surface area contributed by atoms with Gasteiger partial charge in [0, 0.05) is 30.5 Å². The number of azo groups is 1. The van der Waals surface area contributed by atoms with Crippen molar-refractivity contribution < 1.29 is 0 Å². The van der Waals surface area contributed by atoms with Gasteiger partial charge in [-0.05, 0) is 56.3 Å². The Morgan fingerprint density at radius 2 is 1.71 bits per heavy atom. The van der Waals surface area contributed by atoms with E-state index >= 15 is 0 Å². The summed E-state index contributed by atoms with van der Waals surface area (Å²) in [6.45, 7) is 6.30. The summed E-state index contributed by atoms with van der Waals surface area (Å²) in [5.41, 5.74) is 4.81. The number of rotatable bonds is 6. The first-order valence-electron chi connectivity index (χ1n) is 9.34. The van der Waals surface area contributed by atoms with E-state index in [4.69, 9.17) is 0 Å². The maximum Gasteiger partial charge on any atom is 0.124 e. The van der Waals surface area contributed by atoms with Gasteiger partial charge >= 0.3 is 0 Å². The summed E-state index contributed by atoms with van der Waals surface area (Å²) in [6.07, 6.45) is 3.58. The number of benzene rings is 2. The molecule has 6 heteroatoms. The van der Waals surface area contributed by atoms with Crippen LogP contribution in [0.1, 0.15) is 13.8 Å². The first-order chi connectivity index (χ1) is 13.8. The molecule has 2 aromatic carbocycles. The molecule has 4 aromatic rings. The van der Waals surface area contributed by atoms with Crippen molar-refractivity contribution in [3.63, 3.8) is 0 Å². The van der Waals surface area contributed by atoms with Gasteiger partial charge in [0.25, 0.3) is 0 Å². The molecule has 0 fully saturated rings. The SMILES string of the molecule is CCN(CC)c1ccc(N=Nc2cccc(-c3nc4cnccc4s3)c2)cc1. The third kappa shape index (κ3) is 3.92. The number of hydrogen-bond acceptors (Lipinski definition) is 6. The maximum absolute atomic E-state index is 4.66. The van der Waals surface area contributed by atoms with Crippen molar-refractivity contribution in [2.45, 2.75) is 13.8 Å². The molecule has 0 aliphatic heterocycles. The Kier molecular flexibility index (Phi) is 5.39. The van der Waals surface area contributed by atoms with Crippen LogP contribution in [0.15, 0.2) is 77.2 Å². The Hall–Kier alpha value is -3.12. The van der Waals surface area contributed by atoms with E-state index in [0.29, 0.717) is 0 Å². The Morgan fingerprint density at radius 3 is 2.46 bits per heavy atom. The van der Waals surface area contributed by atoms with E-state index in [9.17, 15) is 0 Å². The number of anilines is 1. The normalized spacial score (nSPS) is 11.4. The van der Waals surface area contributed by atoms with Crippen molar-refractivity contribution in [1.82, 2.24) is 9.97 Å². The molecule has 2 heterocycles. The minimum atomic E-state index is 0.808. The van der Waals surface area contributed by atoms with Crippen LogP contribution >= 0.6 is 11.3 Å². The maximum atomic E-state index is 4.66. The summed E-state index contributed by atoms with van der Waals surface area (Å²) in [5, 5.41) is 9.75. The highest BCUT2D eigenvalue weighted by atomic mass is 32.1. The number of nitrogens with zero attached hydrogens (tertiary/aromatic N) is 5. The largest absolute Gasteiger partial charge is 0.372 e. The average molecular weight is 388 g/mol.